The van der Waals surface area contributed by atoms with Crippen LogP contribution < -0.4 is 11.1 Å². The van der Waals surface area contributed by atoms with Gasteiger partial charge in [0.05, 0.1) is 5.92 Å². The third-order valence-corrected chi connectivity index (χ3v) is 8.28. The molecule has 7 nitrogen and oxygen atoms in total. The van der Waals surface area contributed by atoms with Crippen LogP contribution in [-0.2, 0) is 20.6 Å². The van der Waals surface area contributed by atoms with Crippen molar-refractivity contribution in [1.82, 2.24) is 5.32 Å². The van der Waals surface area contributed by atoms with Crippen LogP contribution in [0.4, 0.5) is 0 Å². The topological polar surface area (TPSA) is 130 Å². The number of nitrogens with two attached hydrogens (primary N) is 1. The Kier molecular flexibility index (Phi) is 8.21. The Morgan fingerprint density at radius 2 is 1.70 bits per heavy atom. The zero-order chi connectivity index (χ0) is 24.0. The van der Waals surface area contributed by atoms with Gasteiger partial charge in [-0.25, -0.2) is 0 Å². The molecule has 1 unspecified atom stereocenters. The van der Waals surface area contributed by atoms with E-state index in [-0.39, 0.29) is 12.6 Å². The molecule has 0 aliphatic carbocycles. The molecule has 0 saturated heterocycles. The fourth-order valence-electron chi connectivity index (χ4n) is 3.49. The number of carbonyl (C=O) groups excluding carboxylic acids is 1. The fourth-order valence-corrected chi connectivity index (χ4v) is 6.06. The number of carboxylic acids is 1. The zero-order valence-corrected chi connectivity index (χ0v) is 19.8. The molecule has 9 heteroatoms. The van der Waals surface area contributed by atoms with Crippen LogP contribution in [-0.4, -0.2) is 34.1 Å². The van der Waals surface area contributed by atoms with E-state index in [1.807, 2.05) is 54.6 Å². The number of nitrogens with one attached hydrogen (secondary N) is 1. The second-order valence-electron chi connectivity index (χ2n) is 7.97. The van der Waals surface area contributed by atoms with Crippen LogP contribution in [0.25, 0.3) is 11.1 Å². The lowest BCUT2D eigenvalue weighted by Crippen LogP contribution is -2.43. The lowest BCUT2D eigenvalue weighted by Gasteiger charge is -2.24. The van der Waals surface area contributed by atoms with Gasteiger partial charge in [0.1, 0.15) is 11.8 Å². The van der Waals surface area contributed by atoms with Crippen LogP contribution in [0.2, 0.25) is 0 Å². The van der Waals surface area contributed by atoms with Crippen molar-refractivity contribution in [2.75, 3.05) is 6.16 Å². The summed E-state index contributed by atoms with van der Waals surface area (Å²) in [6, 6.07) is 18.0. The maximum Gasteiger partial charge on any atom is 0.325 e. The number of thiophene rings is 1. The summed E-state index contributed by atoms with van der Waals surface area (Å²) in [4.78, 5) is 34.8. The first-order chi connectivity index (χ1) is 15.7. The minimum atomic E-state index is -3.97. The standard InChI is InChI=1S/C24H27N2O5PS/c1-16(24(28)29)26-23(27)21(14-32(30,31)22(25)20-11-12-33-15-20)13-17-7-9-19(10-8-17)18-5-3-2-4-6-18/h2-12,15-16,21-22H,13-14,25H2,1H3,(H,26,27)(H,28,29)(H,30,31)/t16-,21+,22+/m0/s1. The molecule has 0 fully saturated rings. The van der Waals surface area contributed by atoms with Crippen LogP contribution >= 0.6 is 18.7 Å². The predicted molar refractivity (Wildman–Crippen MR) is 130 cm³/mol. The summed E-state index contributed by atoms with van der Waals surface area (Å²) in [7, 11) is -3.97. The lowest BCUT2D eigenvalue weighted by molar-refractivity contribution is -0.141. The molecule has 0 bridgehead atoms. The molecule has 0 radical (unpaired) electrons. The van der Waals surface area contributed by atoms with Gasteiger partial charge in [-0.05, 0) is 52.4 Å². The van der Waals surface area contributed by atoms with E-state index in [0.29, 0.717) is 5.56 Å². The Labute approximate surface area is 196 Å². The highest BCUT2D eigenvalue weighted by molar-refractivity contribution is 7.58. The summed E-state index contributed by atoms with van der Waals surface area (Å²) < 4.78 is 13.1. The van der Waals surface area contributed by atoms with Gasteiger partial charge in [-0.3, -0.25) is 14.2 Å². The highest BCUT2D eigenvalue weighted by Gasteiger charge is 2.36. The van der Waals surface area contributed by atoms with Crippen molar-refractivity contribution in [3.05, 3.63) is 82.6 Å². The number of carbonyl (C=O) groups is 2. The van der Waals surface area contributed by atoms with E-state index >= 15 is 0 Å². The van der Waals surface area contributed by atoms with Gasteiger partial charge < -0.3 is 21.1 Å². The smallest absolute Gasteiger partial charge is 0.325 e. The Morgan fingerprint density at radius 3 is 2.27 bits per heavy atom. The number of hydrogen-bond acceptors (Lipinski definition) is 5. The van der Waals surface area contributed by atoms with E-state index in [4.69, 9.17) is 10.8 Å². The first kappa shape index (κ1) is 24.9. The number of benzene rings is 2. The first-order valence-corrected chi connectivity index (χ1v) is 13.3. The van der Waals surface area contributed by atoms with Crippen molar-refractivity contribution < 1.29 is 24.2 Å². The van der Waals surface area contributed by atoms with Gasteiger partial charge in [-0.2, -0.15) is 11.3 Å². The monoisotopic (exact) mass is 486 g/mol. The Bertz CT molecular complexity index is 1120. The van der Waals surface area contributed by atoms with Crippen molar-refractivity contribution in [3.63, 3.8) is 0 Å². The molecule has 0 aliphatic rings. The molecule has 3 rings (SSSR count). The van der Waals surface area contributed by atoms with Gasteiger partial charge in [-0.1, -0.05) is 54.6 Å². The van der Waals surface area contributed by atoms with Crippen LogP contribution in [0.15, 0.2) is 71.4 Å². The van der Waals surface area contributed by atoms with E-state index < -0.39 is 37.0 Å². The van der Waals surface area contributed by atoms with Crippen LogP contribution in [0, 0.1) is 5.92 Å². The lowest BCUT2D eigenvalue weighted by atomic mass is 9.97. The molecule has 5 N–H and O–H groups in total. The van der Waals surface area contributed by atoms with Crippen LogP contribution in [0.1, 0.15) is 23.8 Å². The number of carboxylic acid groups (broad SMARTS) is 1. The van der Waals surface area contributed by atoms with Gasteiger partial charge in [0.25, 0.3) is 0 Å². The molecule has 1 heterocycles. The Balaban J connectivity index is 1.81. The highest BCUT2D eigenvalue weighted by Crippen LogP contribution is 2.54. The molecular weight excluding hydrogens is 459 g/mol. The van der Waals surface area contributed by atoms with Crippen LogP contribution in [0.3, 0.4) is 0 Å². The molecule has 174 valence electrons. The van der Waals surface area contributed by atoms with Crippen LogP contribution in [0.5, 0.6) is 0 Å². The molecule has 33 heavy (non-hydrogen) atoms. The van der Waals surface area contributed by atoms with Crippen molar-refractivity contribution in [3.8, 4) is 11.1 Å². The summed E-state index contributed by atoms with van der Waals surface area (Å²) in [6.45, 7) is 1.35. The second-order valence-corrected chi connectivity index (χ2v) is 11.2. The molecule has 0 spiro atoms. The summed E-state index contributed by atoms with van der Waals surface area (Å²) >= 11 is 1.37. The van der Waals surface area contributed by atoms with Crippen molar-refractivity contribution in [1.29, 1.82) is 0 Å². The van der Waals surface area contributed by atoms with Gasteiger partial charge in [-0.15, -0.1) is 0 Å². The second kappa shape index (κ2) is 10.9. The van der Waals surface area contributed by atoms with Gasteiger partial charge in [0, 0.05) is 6.16 Å². The summed E-state index contributed by atoms with van der Waals surface area (Å²) in [5.74, 6) is -3.81. The molecular formula is C24H27N2O5PS. The maximum absolute atomic E-state index is 13.1. The van der Waals surface area contributed by atoms with Gasteiger partial charge in [0.2, 0.25) is 13.3 Å². The molecule has 3 aromatic rings. The van der Waals surface area contributed by atoms with Crippen molar-refractivity contribution in [2.45, 2.75) is 25.2 Å². The average molecular weight is 487 g/mol. The summed E-state index contributed by atoms with van der Waals surface area (Å²) in [5, 5.41) is 15.0. The quantitative estimate of drug-likeness (QED) is 0.320. The number of rotatable bonds is 10. The fraction of sp³-hybridized carbons (Fsp3) is 0.250. The normalized spacial score (nSPS) is 15.7. The van der Waals surface area contributed by atoms with Gasteiger partial charge >= 0.3 is 5.97 Å². The molecule has 2 aromatic carbocycles. The van der Waals surface area contributed by atoms with Gasteiger partial charge in [0.15, 0.2) is 0 Å². The van der Waals surface area contributed by atoms with Crippen molar-refractivity contribution >= 4 is 30.6 Å². The largest absolute Gasteiger partial charge is 0.480 e. The number of amides is 1. The summed E-state index contributed by atoms with van der Waals surface area (Å²) in [6.07, 6.45) is -0.184. The Morgan fingerprint density at radius 1 is 1.06 bits per heavy atom. The maximum atomic E-state index is 13.1. The predicted octanol–water partition coefficient (Wildman–Crippen LogP) is 4.09. The number of hydrogen-bond donors (Lipinski definition) is 4. The minimum Gasteiger partial charge on any atom is -0.480 e. The number of aliphatic carboxylic acids is 1. The SMILES string of the molecule is C[C@H](NC(=O)[C@H](Cc1ccc(-c2ccccc2)cc1)CP(=O)(O)[C@@H](N)c1ccsc1)C(=O)O. The van der Waals surface area contributed by atoms with E-state index in [2.05, 4.69) is 5.32 Å². The Hall–Kier alpha value is -2.77. The first-order valence-electron chi connectivity index (χ1n) is 10.4. The molecule has 0 saturated carbocycles. The molecule has 0 aliphatic heterocycles. The van der Waals surface area contributed by atoms with Crippen molar-refractivity contribution in [2.24, 2.45) is 11.7 Å². The molecule has 4 atom stereocenters. The van der Waals surface area contributed by atoms with E-state index in [1.54, 1.807) is 16.8 Å². The third kappa shape index (κ3) is 6.62. The highest BCUT2D eigenvalue weighted by atomic mass is 32.1. The van der Waals surface area contributed by atoms with E-state index in [0.717, 1.165) is 16.7 Å². The average Bonchev–Trinajstić information content (AvgIpc) is 3.33. The van der Waals surface area contributed by atoms with E-state index in [9.17, 15) is 19.0 Å². The summed E-state index contributed by atoms with van der Waals surface area (Å²) in [5.41, 5.74) is 9.45. The third-order valence-electron chi connectivity index (χ3n) is 5.44. The minimum absolute atomic E-state index is 0.175. The zero-order valence-electron chi connectivity index (χ0n) is 18.1. The van der Waals surface area contributed by atoms with E-state index in [1.165, 1.54) is 18.3 Å². The molecule has 1 aromatic heterocycles. The molecule has 1 amide bonds.